The molecule has 2 rings (SSSR count). The van der Waals surface area contributed by atoms with Crippen molar-refractivity contribution in [3.8, 4) is 0 Å². The second-order valence-corrected chi connectivity index (χ2v) is 5.20. The lowest BCUT2D eigenvalue weighted by Gasteiger charge is -2.17. The van der Waals surface area contributed by atoms with Crippen LogP contribution in [0.1, 0.15) is 30.9 Å². The maximum absolute atomic E-state index is 12.5. The number of nitrogens with one attached hydrogen (secondary N) is 1. The Kier molecular flexibility index (Phi) is 5.31. The van der Waals surface area contributed by atoms with Gasteiger partial charge in [0.15, 0.2) is 0 Å². The molecule has 2 amide bonds. The molecular weight excluding hydrogens is 278 g/mol. The van der Waals surface area contributed by atoms with Crippen molar-refractivity contribution in [2.45, 2.75) is 25.9 Å². The van der Waals surface area contributed by atoms with Crippen LogP contribution in [-0.2, 0) is 9.53 Å². The van der Waals surface area contributed by atoms with Gasteiger partial charge < -0.3 is 4.74 Å². The number of alkyl carbamates (subject to hydrolysis) is 1. The standard InChI is InChI=1S/C18H19NO3/c1-13(2)22-18(21)19-17(20)16(14-9-5-3-6-10-14)15-11-7-4-8-12-15/h3-13,16H,1-2H3,(H,19,20,21). The largest absolute Gasteiger partial charge is 0.447 e. The molecule has 0 fully saturated rings. The molecule has 0 radical (unpaired) electrons. The molecule has 22 heavy (non-hydrogen) atoms. The molecule has 0 saturated carbocycles. The van der Waals surface area contributed by atoms with Crippen molar-refractivity contribution >= 4 is 12.0 Å². The summed E-state index contributed by atoms with van der Waals surface area (Å²) in [5.41, 5.74) is 1.65. The number of imide groups is 1. The number of rotatable bonds is 4. The average Bonchev–Trinajstić information content (AvgIpc) is 2.48. The maximum Gasteiger partial charge on any atom is 0.414 e. The number of hydrogen-bond acceptors (Lipinski definition) is 3. The van der Waals surface area contributed by atoms with Gasteiger partial charge in [-0.25, -0.2) is 4.79 Å². The molecule has 0 aliphatic heterocycles. The quantitative estimate of drug-likeness (QED) is 0.940. The first-order chi connectivity index (χ1) is 10.6. The minimum atomic E-state index is -0.725. The minimum Gasteiger partial charge on any atom is -0.447 e. The summed E-state index contributed by atoms with van der Waals surface area (Å²) >= 11 is 0. The van der Waals surface area contributed by atoms with Gasteiger partial charge in [-0.3, -0.25) is 10.1 Å². The van der Waals surface area contributed by atoms with Gasteiger partial charge in [0, 0.05) is 0 Å². The van der Waals surface area contributed by atoms with Gasteiger partial charge in [0.1, 0.15) is 0 Å². The first kappa shape index (κ1) is 15.8. The SMILES string of the molecule is CC(C)OC(=O)NC(=O)C(c1ccccc1)c1ccccc1. The van der Waals surface area contributed by atoms with Crippen molar-refractivity contribution in [2.24, 2.45) is 0 Å². The summed E-state index contributed by atoms with van der Waals surface area (Å²) in [4.78, 5) is 24.2. The summed E-state index contributed by atoms with van der Waals surface area (Å²) in [6.45, 7) is 3.46. The Morgan fingerprint density at radius 3 is 1.73 bits per heavy atom. The lowest BCUT2D eigenvalue weighted by Crippen LogP contribution is -2.36. The first-order valence-corrected chi connectivity index (χ1v) is 7.19. The maximum atomic E-state index is 12.5. The van der Waals surface area contributed by atoms with Crippen molar-refractivity contribution < 1.29 is 14.3 Å². The van der Waals surface area contributed by atoms with Crippen LogP contribution in [0.15, 0.2) is 60.7 Å². The van der Waals surface area contributed by atoms with E-state index in [0.29, 0.717) is 0 Å². The van der Waals surface area contributed by atoms with Gasteiger partial charge in [-0.05, 0) is 25.0 Å². The van der Waals surface area contributed by atoms with E-state index in [4.69, 9.17) is 4.74 Å². The number of carbonyl (C=O) groups is 2. The molecule has 0 saturated heterocycles. The van der Waals surface area contributed by atoms with E-state index in [1.165, 1.54) is 0 Å². The molecule has 0 heterocycles. The Labute approximate surface area is 130 Å². The van der Waals surface area contributed by atoms with E-state index < -0.39 is 17.9 Å². The number of amides is 2. The molecule has 0 spiro atoms. The average molecular weight is 297 g/mol. The number of carbonyl (C=O) groups excluding carboxylic acids is 2. The summed E-state index contributed by atoms with van der Waals surface area (Å²) in [5.74, 6) is -0.954. The third-order valence-corrected chi connectivity index (χ3v) is 3.10. The zero-order valence-electron chi connectivity index (χ0n) is 12.7. The van der Waals surface area contributed by atoms with Crippen molar-refractivity contribution in [3.05, 3.63) is 71.8 Å². The number of benzene rings is 2. The molecule has 0 unspecified atom stereocenters. The molecule has 4 heteroatoms. The number of hydrogen-bond donors (Lipinski definition) is 1. The van der Waals surface area contributed by atoms with Crippen molar-refractivity contribution in [1.82, 2.24) is 5.32 Å². The van der Waals surface area contributed by atoms with E-state index in [2.05, 4.69) is 5.32 Å². The molecule has 0 aromatic heterocycles. The molecule has 0 atom stereocenters. The van der Waals surface area contributed by atoms with Crippen LogP contribution in [0.3, 0.4) is 0 Å². The third kappa shape index (κ3) is 4.19. The van der Waals surface area contributed by atoms with Crippen LogP contribution in [0.4, 0.5) is 4.79 Å². The zero-order chi connectivity index (χ0) is 15.9. The lowest BCUT2D eigenvalue weighted by atomic mass is 9.90. The van der Waals surface area contributed by atoms with Gasteiger partial charge in [-0.1, -0.05) is 60.7 Å². The Hall–Kier alpha value is -2.62. The second-order valence-electron chi connectivity index (χ2n) is 5.20. The summed E-state index contributed by atoms with van der Waals surface area (Å²) in [5, 5.41) is 2.31. The van der Waals surface area contributed by atoms with Crippen LogP contribution in [0, 0.1) is 0 Å². The highest BCUT2D eigenvalue weighted by molar-refractivity contribution is 5.97. The van der Waals surface area contributed by atoms with Crippen LogP contribution in [0.2, 0.25) is 0 Å². The van der Waals surface area contributed by atoms with E-state index in [1.807, 2.05) is 60.7 Å². The Bertz CT molecular complexity index is 584. The van der Waals surface area contributed by atoms with Crippen LogP contribution < -0.4 is 5.32 Å². The third-order valence-electron chi connectivity index (χ3n) is 3.10. The fourth-order valence-electron chi connectivity index (χ4n) is 2.20. The van der Waals surface area contributed by atoms with Gasteiger partial charge in [-0.2, -0.15) is 0 Å². The summed E-state index contributed by atoms with van der Waals surface area (Å²) in [6.07, 6.45) is -1.00. The van der Waals surface area contributed by atoms with Gasteiger partial charge >= 0.3 is 6.09 Å². The van der Waals surface area contributed by atoms with E-state index in [0.717, 1.165) is 11.1 Å². The molecule has 2 aromatic carbocycles. The topological polar surface area (TPSA) is 55.4 Å². The smallest absolute Gasteiger partial charge is 0.414 e. The summed E-state index contributed by atoms with van der Waals surface area (Å²) in [6, 6.07) is 18.7. The summed E-state index contributed by atoms with van der Waals surface area (Å²) in [7, 11) is 0. The molecule has 0 bridgehead atoms. The molecule has 114 valence electrons. The highest BCUT2D eigenvalue weighted by Gasteiger charge is 2.24. The first-order valence-electron chi connectivity index (χ1n) is 7.19. The molecule has 4 nitrogen and oxygen atoms in total. The Morgan fingerprint density at radius 2 is 1.32 bits per heavy atom. The van der Waals surface area contributed by atoms with Crippen molar-refractivity contribution in [2.75, 3.05) is 0 Å². The molecule has 0 aliphatic carbocycles. The molecular formula is C18H19NO3. The van der Waals surface area contributed by atoms with Gasteiger partial charge in [0.2, 0.25) is 5.91 Å². The van der Waals surface area contributed by atoms with Crippen molar-refractivity contribution in [3.63, 3.8) is 0 Å². The highest BCUT2D eigenvalue weighted by atomic mass is 16.6. The van der Waals surface area contributed by atoms with Crippen LogP contribution >= 0.6 is 0 Å². The van der Waals surface area contributed by atoms with E-state index in [9.17, 15) is 9.59 Å². The monoisotopic (exact) mass is 297 g/mol. The molecule has 2 aromatic rings. The normalized spacial score (nSPS) is 10.5. The zero-order valence-corrected chi connectivity index (χ0v) is 12.7. The van der Waals surface area contributed by atoms with Gasteiger partial charge in [-0.15, -0.1) is 0 Å². The second kappa shape index (κ2) is 7.41. The Morgan fingerprint density at radius 1 is 0.864 bits per heavy atom. The Balaban J connectivity index is 2.26. The molecule has 0 aliphatic rings. The van der Waals surface area contributed by atoms with Gasteiger partial charge in [0.05, 0.1) is 12.0 Å². The lowest BCUT2D eigenvalue weighted by molar-refractivity contribution is -0.121. The fraction of sp³-hybridized carbons (Fsp3) is 0.222. The predicted octanol–water partition coefficient (Wildman–Crippen LogP) is 3.48. The van der Waals surface area contributed by atoms with Crippen LogP contribution in [0.5, 0.6) is 0 Å². The van der Waals surface area contributed by atoms with E-state index in [-0.39, 0.29) is 6.10 Å². The van der Waals surface area contributed by atoms with E-state index in [1.54, 1.807) is 13.8 Å². The minimum absolute atomic E-state index is 0.278. The van der Waals surface area contributed by atoms with Gasteiger partial charge in [0.25, 0.3) is 0 Å². The summed E-state index contributed by atoms with van der Waals surface area (Å²) < 4.78 is 4.97. The van der Waals surface area contributed by atoms with E-state index >= 15 is 0 Å². The molecule has 1 N–H and O–H groups in total. The predicted molar refractivity (Wildman–Crippen MR) is 84.5 cm³/mol. The fourth-order valence-corrected chi connectivity index (χ4v) is 2.20. The van der Waals surface area contributed by atoms with Crippen LogP contribution in [0.25, 0.3) is 0 Å². The van der Waals surface area contributed by atoms with Crippen molar-refractivity contribution in [1.29, 1.82) is 0 Å². The highest BCUT2D eigenvalue weighted by Crippen LogP contribution is 2.24. The number of ether oxygens (including phenoxy) is 1. The van der Waals surface area contributed by atoms with Crippen LogP contribution in [-0.4, -0.2) is 18.1 Å².